The first kappa shape index (κ1) is 13.5. The summed E-state index contributed by atoms with van der Waals surface area (Å²) in [6, 6.07) is 0. The van der Waals surface area contributed by atoms with Crippen LogP contribution >= 0.6 is 0 Å². The van der Waals surface area contributed by atoms with Gasteiger partial charge in [-0.1, -0.05) is 20.3 Å². The maximum Gasteiger partial charge on any atom is 0.312 e. The Morgan fingerprint density at radius 2 is 2.00 bits per heavy atom. The van der Waals surface area contributed by atoms with Gasteiger partial charge in [-0.25, -0.2) is 0 Å². The molecule has 3 heteroatoms. The van der Waals surface area contributed by atoms with Gasteiger partial charge in [0.1, 0.15) is 0 Å². The Kier molecular flexibility index (Phi) is 3.68. The molecule has 1 rings (SSSR count). The van der Waals surface area contributed by atoms with E-state index in [0.29, 0.717) is 24.7 Å². The molecule has 1 saturated carbocycles. The first-order valence-corrected chi connectivity index (χ1v) is 6.16. The van der Waals surface area contributed by atoms with Crippen molar-refractivity contribution in [2.75, 3.05) is 0 Å². The molecule has 0 amide bonds. The third-order valence-corrected chi connectivity index (χ3v) is 4.41. The minimum Gasteiger partial charge on any atom is -0.481 e. The van der Waals surface area contributed by atoms with Crippen molar-refractivity contribution in [3.05, 3.63) is 0 Å². The lowest BCUT2D eigenvalue weighted by molar-refractivity contribution is -0.172. The van der Waals surface area contributed by atoms with Gasteiger partial charge in [0.2, 0.25) is 0 Å². The molecule has 0 bridgehead atoms. The van der Waals surface area contributed by atoms with Gasteiger partial charge in [-0.3, -0.25) is 4.79 Å². The van der Waals surface area contributed by atoms with Gasteiger partial charge in [-0.15, -0.1) is 0 Å². The second-order valence-corrected chi connectivity index (χ2v) is 6.06. The number of carbonyl (C=O) groups is 1. The van der Waals surface area contributed by atoms with Gasteiger partial charge in [0, 0.05) is 0 Å². The summed E-state index contributed by atoms with van der Waals surface area (Å²) < 4.78 is 0. The Balaban J connectivity index is 2.88. The third kappa shape index (κ3) is 2.24. The van der Waals surface area contributed by atoms with E-state index in [-0.39, 0.29) is 0 Å². The lowest BCUT2D eigenvalue weighted by atomic mass is 9.63. The van der Waals surface area contributed by atoms with E-state index in [1.54, 1.807) is 13.8 Å². The van der Waals surface area contributed by atoms with Gasteiger partial charge in [-0.2, -0.15) is 0 Å². The van der Waals surface area contributed by atoms with Crippen LogP contribution in [0.3, 0.4) is 0 Å². The standard InChI is InChI=1S/C13H24O3/c1-9(2)10-6-5-7-13(16,8-10)12(3,4)11(14)15/h9-10,16H,5-8H2,1-4H3,(H,14,15). The minimum atomic E-state index is -1.06. The second kappa shape index (κ2) is 4.36. The molecule has 2 atom stereocenters. The van der Waals surface area contributed by atoms with Crippen LogP contribution < -0.4 is 0 Å². The molecule has 16 heavy (non-hydrogen) atoms. The molecule has 0 aromatic carbocycles. The second-order valence-electron chi connectivity index (χ2n) is 6.06. The highest BCUT2D eigenvalue weighted by Crippen LogP contribution is 2.46. The van der Waals surface area contributed by atoms with Crippen molar-refractivity contribution >= 4 is 5.97 Å². The first-order chi connectivity index (χ1) is 7.21. The zero-order valence-electron chi connectivity index (χ0n) is 10.8. The molecule has 2 N–H and O–H groups in total. The highest BCUT2D eigenvalue weighted by molar-refractivity contribution is 5.75. The van der Waals surface area contributed by atoms with Gasteiger partial charge >= 0.3 is 5.97 Å². The fraction of sp³-hybridized carbons (Fsp3) is 0.923. The average Bonchev–Trinajstić information content (AvgIpc) is 2.17. The van der Waals surface area contributed by atoms with E-state index in [4.69, 9.17) is 0 Å². The van der Waals surface area contributed by atoms with Gasteiger partial charge in [0.05, 0.1) is 11.0 Å². The number of aliphatic hydroxyl groups is 1. The lowest BCUT2D eigenvalue weighted by Crippen LogP contribution is -2.52. The van der Waals surface area contributed by atoms with Crippen LogP contribution in [0, 0.1) is 17.3 Å². The number of aliphatic carboxylic acids is 1. The first-order valence-electron chi connectivity index (χ1n) is 6.16. The molecule has 2 unspecified atom stereocenters. The quantitative estimate of drug-likeness (QED) is 0.780. The molecule has 0 aliphatic heterocycles. The van der Waals surface area contributed by atoms with Crippen LogP contribution in [0.5, 0.6) is 0 Å². The maximum absolute atomic E-state index is 11.2. The van der Waals surface area contributed by atoms with Crippen LogP contribution in [-0.4, -0.2) is 21.8 Å². The molecule has 1 aliphatic carbocycles. The zero-order chi connectivity index (χ0) is 12.6. The van der Waals surface area contributed by atoms with Crippen LogP contribution in [0.15, 0.2) is 0 Å². The molecule has 0 saturated heterocycles. The van der Waals surface area contributed by atoms with E-state index in [9.17, 15) is 15.0 Å². The smallest absolute Gasteiger partial charge is 0.312 e. The highest BCUT2D eigenvalue weighted by atomic mass is 16.4. The largest absolute Gasteiger partial charge is 0.481 e. The Morgan fingerprint density at radius 1 is 1.44 bits per heavy atom. The SMILES string of the molecule is CC(C)C1CCCC(O)(C(C)(C)C(=O)O)C1. The molecule has 1 fully saturated rings. The van der Waals surface area contributed by atoms with Gasteiger partial charge < -0.3 is 10.2 Å². The van der Waals surface area contributed by atoms with E-state index in [1.165, 1.54) is 0 Å². The van der Waals surface area contributed by atoms with Crippen molar-refractivity contribution in [1.82, 2.24) is 0 Å². The zero-order valence-corrected chi connectivity index (χ0v) is 10.8. The van der Waals surface area contributed by atoms with Crippen molar-refractivity contribution in [1.29, 1.82) is 0 Å². The molecule has 0 aromatic rings. The summed E-state index contributed by atoms with van der Waals surface area (Å²) >= 11 is 0. The number of hydrogen-bond acceptors (Lipinski definition) is 2. The lowest BCUT2D eigenvalue weighted by Gasteiger charge is -2.46. The fourth-order valence-electron chi connectivity index (χ4n) is 2.63. The van der Waals surface area contributed by atoms with Crippen LogP contribution in [0.4, 0.5) is 0 Å². The Hall–Kier alpha value is -0.570. The summed E-state index contributed by atoms with van der Waals surface area (Å²) in [4.78, 5) is 11.2. The highest BCUT2D eigenvalue weighted by Gasteiger charge is 2.51. The Morgan fingerprint density at radius 3 is 2.44 bits per heavy atom. The number of hydrogen-bond donors (Lipinski definition) is 2. The van der Waals surface area contributed by atoms with E-state index < -0.39 is 17.0 Å². The van der Waals surface area contributed by atoms with Crippen LogP contribution in [-0.2, 0) is 4.79 Å². The van der Waals surface area contributed by atoms with Gasteiger partial charge in [-0.05, 0) is 44.9 Å². The summed E-state index contributed by atoms with van der Waals surface area (Å²) in [5.74, 6) is 0.0493. The van der Waals surface area contributed by atoms with Crippen molar-refractivity contribution in [2.45, 2.75) is 59.0 Å². The predicted octanol–water partition coefficient (Wildman–Crippen LogP) is 2.67. The summed E-state index contributed by atoms with van der Waals surface area (Å²) in [5.41, 5.74) is -2.10. The molecule has 1 aliphatic rings. The van der Waals surface area contributed by atoms with Crippen molar-refractivity contribution in [2.24, 2.45) is 17.3 Å². The number of carboxylic acid groups (broad SMARTS) is 1. The molecule has 0 heterocycles. The summed E-state index contributed by atoms with van der Waals surface area (Å²) in [7, 11) is 0. The molecule has 0 spiro atoms. The third-order valence-electron chi connectivity index (χ3n) is 4.41. The summed E-state index contributed by atoms with van der Waals surface area (Å²) in [6.45, 7) is 7.56. The summed E-state index contributed by atoms with van der Waals surface area (Å²) in [6.07, 6.45) is 3.26. The molecule has 3 nitrogen and oxygen atoms in total. The summed E-state index contributed by atoms with van der Waals surface area (Å²) in [5, 5.41) is 19.8. The van der Waals surface area contributed by atoms with E-state index in [1.807, 2.05) is 0 Å². The fourth-order valence-corrected chi connectivity index (χ4v) is 2.63. The molecule has 0 radical (unpaired) electrons. The monoisotopic (exact) mass is 228 g/mol. The van der Waals surface area contributed by atoms with Crippen LogP contribution in [0.2, 0.25) is 0 Å². The van der Waals surface area contributed by atoms with Crippen LogP contribution in [0.25, 0.3) is 0 Å². The van der Waals surface area contributed by atoms with E-state index in [0.717, 1.165) is 12.8 Å². The topological polar surface area (TPSA) is 57.5 Å². The Bertz CT molecular complexity index is 270. The minimum absolute atomic E-state index is 0.442. The van der Waals surface area contributed by atoms with Crippen molar-refractivity contribution < 1.29 is 15.0 Å². The van der Waals surface area contributed by atoms with E-state index >= 15 is 0 Å². The normalized spacial score (nSPS) is 31.8. The predicted molar refractivity (Wildman–Crippen MR) is 63.2 cm³/mol. The number of rotatable bonds is 3. The molecule has 94 valence electrons. The van der Waals surface area contributed by atoms with Gasteiger partial charge in [0.15, 0.2) is 0 Å². The van der Waals surface area contributed by atoms with Crippen LogP contribution in [0.1, 0.15) is 53.4 Å². The Labute approximate surface area is 97.9 Å². The maximum atomic E-state index is 11.2. The van der Waals surface area contributed by atoms with Gasteiger partial charge in [0.25, 0.3) is 0 Å². The van der Waals surface area contributed by atoms with E-state index in [2.05, 4.69) is 13.8 Å². The molecular weight excluding hydrogens is 204 g/mol. The molecular formula is C13H24O3. The molecule has 0 aromatic heterocycles. The van der Waals surface area contributed by atoms with Crippen molar-refractivity contribution in [3.8, 4) is 0 Å². The number of carboxylic acids is 1. The average molecular weight is 228 g/mol. The van der Waals surface area contributed by atoms with Crippen molar-refractivity contribution in [3.63, 3.8) is 0 Å².